The Bertz CT molecular complexity index is 244. The van der Waals surface area contributed by atoms with Gasteiger partial charge < -0.3 is 5.11 Å². The lowest BCUT2D eigenvalue weighted by Crippen LogP contribution is -1.92. The third-order valence-electron chi connectivity index (χ3n) is 3.21. The Labute approximate surface area is 118 Å². The maximum atomic E-state index is 10.3. The Morgan fingerprint density at radius 2 is 1.26 bits per heavy atom. The van der Waals surface area contributed by atoms with Gasteiger partial charge in [-0.3, -0.25) is 4.79 Å². The van der Waals surface area contributed by atoms with Crippen LogP contribution in [0.2, 0.25) is 0 Å². The molecule has 0 aliphatic carbocycles. The number of unbranched alkanes of at least 4 members (excludes halogenated alkanes) is 9. The van der Waals surface area contributed by atoms with Gasteiger partial charge in [-0.2, -0.15) is 0 Å². The highest BCUT2D eigenvalue weighted by atomic mass is 16.4. The predicted molar refractivity (Wildman–Crippen MR) is 82.4 cm³/mol. The summed E-state index contributed by atoms with van der Waals surface area (Å²) >= 11 is 0. The molecule has 0 aromatic carbocycles. The van der Waals surface area contributed by atoms with Crippen molar-refractivity contribution < 1.29 is 9.90 Å². The number of allylic oxidation sites excluding steroid dienone is 3. The maximum Gasteiger partial charge on any atom is 0.303 e. The molecule has 19 heavy (non-hydrogen) atoms. The van der Waals surface area contributed by atoms with Crippen molar-refractivity contribution in [1.82, 2.24) is 0 Å². The summed E-state index contributed by atoms with van der Waals surface area (Å²) in [6.07, 6.45) is 19.9. The minimum absolute atomic E-state index is 0.288. The summed E-state index contributed by atoms with van der Waals surface area (Å²) in [5.41, 5.74) is 0. The number of carboxylic acid groups (broad SMARTS) is 1. The quantitative estimate of drug-likeness (QED) is 0.333. The van der Waals surface area contributed by atoms with Gasteiger partial charge in [0.05, 0.1) is 0 Å². The molecule has 0 atom stereocenters. The first-order chi connectivity index (χ1) is 9.27. The first-order valence-corrected chi connectivity index (χ1v) is 7.75. The van der Waals surface area contributed by atoms with Gasteiger partial charge in [-0.25, -0.2) is 0 Å². The number of carbonyl (C=O) groups is 1. The fourth-order valence-corrected chi connectivity index (χ4v) is 2.04. The Balaban J connectivity index is 3.07. The molecule has 0 heterocycles. The Morgan fingerprint density at radius 3 is 1.79 bits per heavy atom. The molecule has 0 amide bonds. The van der Waals surface area contributed by atoms with Gasteiger partial charge in [-0.15, -0.1) is 6.58 Å². The van der Waals surface area contributed by atoms with Crippen molar-refractivity contribution in [2.75, 3.05) is 0 Å². The second kappa shape index (κ2) is 15.0. The zero-order valence-corrected chi connectivity index (χ0v) is 12.3. The van der Waals surface area contributed by atoms with Gasteiger partial charge in [0.2, 0.25) is 0 Å². The number of carboxylic acids is 1. The van der Waals surface area contributed by atoms with E-state index in [4.69, 9.17) is 5.11 Å². The van der Waals surface area contributed by atoms with Gasteiger partial charge in [0.25, 0.3) is 0 Å². The molecule has 0 aliphatic heterocycles. The maximum absolute atomic E-state index is 10.3. The second-order valence-electron chi connectivity index (χ2n) is 5.10. The van der Waals surface area contributed by atoms with E-state index < -0.39 is 5.97 Å². The van der Waals surface area contributed by atoms with E-state index in [1.54, 1.807) is 0 Å². The minimum Gasteiger partial charge on any atom is -0.481 e. The second-order valence-corrected chi connectivity index (χ2v) is 5.10. The normalized spacial score (nSPS) is 10.9. The van der Waals surface area contributed by atoms with Crippen LogP contribution in [0.1, 0.15) is 77.0 Å². The average Bonchev–Trinajstić information content (AvgIpc) is 2.39. The van der Waals surface area contributed by atoms with Crippen LogP contribution in [0.3, 0.4) is 0 Å². The van der Waals surface area contributed by atoms with E-state index in [0.29, 0.717) is 0 Å². The number of hydrogen-bond acceptors (Lipinski definition) is 1. The van der Waals surface area contributed by atoms with Crippen molar-refractivity contribution in [3.05, 3.63) is 24.8 Å². The Hall–Kier alpha value is -1.05. The molecule has 0 saturated heterocycles. The molecule has 0 radical (unpaired) electrons. The molecule has 0 aliphatic rings. The summed E-state index contributed by atoms with van der Waals surface area (Å²) in [6.45, 7) is 3.73. The van der Waals surface area contributed by atoms with E-state index in [-0.39, 0.29) is 6.42 Å². The molecule has 0 bridgehead atoms. The molecule has 0 unspecified atom stereocenters. The van der Waals surface area contributed by atoms with Crippen LogP contribution in [0.4, 0.5) is 0 Å². The van der Waals surface area contributed by atoms with Crippen LogP contribution < -0.4 is 0 Å². The minimum atomic E-state index is -0.693. The summed E-state index contributed by atoms with van der Waals surface area (Å²) in [5, 5.41) is 8.48. The van der Waals surface area contributed by atoms with E-state index in [1.165, 1.54) is 44.9 Å². The Morgan fingerprint density at radius 1 is 0.789 bits per heavy atom. The van der Waals surface area contributed by atoms with Crippen LogP contribution in [-0.2, 0) is 4.79 Å². The summed E-state index contributed by atoms with van der Waals surface area (Å²) in [5.74, 6) is -0.693. The Kier molecular flexibility index (Phi) is 14.2. The van der Waals surface area contributed by atoms with Crippen LogP contribution >= 0.6 is 0 Å². The number of aliphatic carboxylic acids is 1. The topological polar surface area (TPSA) is 37.3 Å². The van der Waals surface area contributed by atoms with Gasteiger partial charge >= 0.3 is 5.97 Å². The van der Waals surface area contributed by atoms with Gasteiger partial charge in [0.1, 0.15) is 0 Å². The van der Waals surface area contributed by atoms with Gasteiger partial charge in [-0.05, 0) is 38.5 Å². The molecular weight excluding hydrogens is 236 g/mol. The van der Waals surface area contributed by atoms with Crippen molar-refractivity contribution in [3.8, 4) is 0 Å². The van der Waals surface area contributed by atoms with Crippen molar-refractivity contribution in [2.24, 2.45) is 0 Å². The predicted octanol–water partition coefficient (Wildman–Crippen LogP) is 5.49. The van der Waals surface area contributed by atoms with E-state index >= 15 is 0 Å². The molecular formula is C17H30O2. The van der Waals surface area contributed by atoms with Gasteiger partial charge in [0.15, 0.2) is 0 Å². The highest BCUT2D eigenvalue weighted by Gasteiger charge is 1.93. The third kappa shape index (κ3) is 16.9. The average molecular weight is 266 g/mol. The lowest BCUT2D eigenvalue weighted by molar-refractivity contribution is -0.137. The molecule has 0 rings (SSSR count). The third-order valence-corrected chi connectivity index (χ3v) is 3.21. The number of rotatable bonds is 14. The van der Waals surface area contributed by atoms with Gasteiger partial charge in [-0.1, -0.05) is 50.3 Å². The molecule has 0 fully saturated rings. The van der Waals surface area contributed by atoms with Gasteiger partial charge in [0, 0.05) is 6.42 Å². The van der Waals surface area contributed by atoms with E-state index in [1.807, 2.05) is 6.08 Å². The monoisotopic (exact) mass is 266 g/mol. The molecule has 110 valence electrons. The highest BCUT2D eigenvalue weighted by molar-refractivity contribution is 5.66. The lowest BCUT2D eigenvalue weighted by atomic mass is 10.1. The molecule has 2 heteroatoms. The first-order valence-electron chi connectivity index (χ1n) is 7.75. The number of hydrogen-bond donors (Lipinski definition) is 1. The van der Waals surface area contributed by atoms with Crippen molar-refractivity contribution in [3.63, 3.8) is 0 Å². The molecule has 0 aromatic heterocycles. The van der Waals surface area contributed by atoms with Crippen LogP contribution in [0.5, 0.6) is 0 Å². The summed E-state index contributed by atoms with van der Waals surface area (Å²) in [4.78, 5) is 10.3. The van der Waals surface area contributed by atoms with Crippen LogP contribution in [-0.4, -0.2) is 11.1 Å². The van der Waals surface area contributed by atoms with Crippen LogP contribution in [0, 0.1) is 0 Å². The SMILES string of the molecule is C=CCCCCCCCCC/C=C/CCCC(=O)O. The van der Waals surface area contributed by atoms with E-state index in [9.17, 15) is 4.79 Å². The summed E-state index contributed by atoms with van der Waals surface area (Å²) < 4.78 is 0. The van der Waals surface area contributed by atoms with Crippen LogP contribution in [0.15, 0.2) is 24.8 Å². The summed E-state index contributed by atoms with van der Waals surface area (Å²) in [6, 6.07) is 0. The molecule has 1 N–H and O–H groups in total. The molecule has 0 spiro atoms. The molecule has 0 aromatic rings. The largest absolute Gasteiger partial charge is 0.481 e. The fourth-order valence-electron chi connectivity index (χ4n) is 2.04. The standard InChI is InChI=1S/C17H30O2/c1-2-3-4-5-6-7-8-9-10-11-12-13-14-15-16-17(18)19/h2,12-13H,1,3-11,14-16H2,(H,18,19)/b13-12+. The van der Waals surface area contributed by atoms with E-state index in [0.717, 1.165) is 25.7 Å². The molecule has 0 saturated carbocycles. The lowest BCUT2D eigenvalue weighted by Gasteiger charge is -2.00. The van der Waals surface area contributed by atoms with E-state index in [2.05, 4.69) is 18.7 Å². The molecule has 2 nitrogen and oxygen atoms in total. The first kappa shape index (κ1) is 17.9. The summed E-state index contributed by atoms with van der Waals surface area (Å²) in [7, 11) is 0. The van der Waals surface area contributed by atoms with Crippen molar-refractivity contribution in [1.29, 1.82) is 0 Å². The zero-order valence-electron chi connectivity index (χ0n) is 12.3. The van der Waals surface area contributed by atoms with Crippen molar-refractivity contribution in [2.45, 2.75) is 77.0 Å². The fraction of sp³-hybridized carbons (Fsp3) is 0.706. The zero-order chi connectivity index (χ0) is 14.2. The van der Waals surface area contributed by atoms with Crippen molar-refractivity contribution >= 4 is 5.97 Å². The smallest absolute Gasteiger partial charge is 0.303 e. The van der Waals surface area contributed by atoms with Crippen LogP contribution in [0.25, 0.3) is 0 Å². The highest BCUT2D eigenvalue weighted by Crippen LogP contribution is 2.10.